The van der Waals surface area contributed by atoms with E-state index >= 15 is 0 Å². The Hall–Kier alpha value is -0.340. The van der Waals surface area contributed by atoms with Gasteiger partial charge in [0.1, 0.15) is 0 Å². The Balaban J connectivity index is 2.02. The van der Waals surface area contributed by atoms with Crippen LogP contribution in [-0.2, 0) is 0 Å². The van der Waals surface area contributed by atoms with Gasteiger partial charge in [-0.15, -0.1) is 0 Å². The first kappa shape index (κ1) is 11.7. The average molecular weight is 236 g/mol. The van der Waals surface area contributed by atoms with Crippen LogP contribution < -0.4 is 0 Å². The molecule has 3 rings (SSSR count). The molecule has 0 spiro atoms. The van der Waals surface area contributed by atoms with E-state index in [1.54, 1.807) is 0 Å². The van der Waals surface area contributed by atoms with Crippen LogP contribution >= 0.6 is 0 Å². The molecule has 5 atom stereocenters. The fourth-order valence-corrected chi connectivity index (χ4v) is 5.26. The molecule has 2 fully saturated rings. The third kappa shape index (κ3) is 1.29. The van der Waals surface area contributed by atoms with Crippen LogP contribution in [0.5, 0.6) is 0 Å². The summed E-state index contributed by atoms with van der Waals surface area (Å²) in [7, 11) is 0. The second kappa shape index (κ2) is 3.58. The fraction of sp³-hybridized carbons (Fsp3) is 0.867. The summed E-state index contributed by atoms with van der Waals surface area (Å²) in [5, 5.41) is 19.3. The lowest BCUT2D eigenvalue weighted by molar-refractivity contribution is -0.156. The van der Waals surface area contributed by atoms with Crippen molar-refractivity contribution in [2.24, 2.45) is 28.6 Å². The number of allylic oxidation sites excluding steroid dienone is 1. The predicted octanol–water partition coefficient (Wildman–Crippen LogP) is 2.36. The Kier molecular flexibility index (Phi) is 2.47. The largest absolute Gasteiger partial charge is 0.396 e. The maximum Gasteiger partial charge on any atom is 0.0644 e. The van der Waals surface area contributed by atoms with Gasteiger partial charge in [-0.3, -0.25) is 0 Å². The van der Waals surface area contributed by atoms with Crippen LogP contribution in [0.2, 0.25) is 0 Å². The Labute approximate surface area is 104 Å². The van der Waals surface area contributed by atoms with Crippen LogP contribution in [-0.4, -0.2) is 23.4 Å². The summed E-state index contributed by atoms with van der Waals surface area (Å²) in [5.74, 6) is 1.88. The molecule has 0 aromatic rings. The Bertz CT molecular complexity index is 362. The van der Waals surface area contributed by atoms with Gasteiger partial charge < -0.3 is 10.2 Å². The molecule has 0 heterocycles. The highest BCUT2D eigenvalue weighted by Gasteiger charge is 2.66. The van der Waals surface area contributed by atoms with Crippen molar-refractivity contribution >= 4 is 0 Å². The van der Waals surface area contributed by atoms with E-state index in [4.69, 9.17) is 0 Å². The summed E-state index contributed by atoms with van der Waals surface area (Å²) in [4.78, 5) is 0. The summed E-state index contributed by atoms with van der Waals surface area (Å²) in [6.07, 6.45) is 7.02. The molecular weight excluding hydrogens is 212 g/mol. The smallest absolute Gasteiger partial charge is 0.0644 e. The first-order chi connectivity index (χ1) is 8.07. The molecule has 0 saturated heterocycles. The first-order valence-electron chi connectivity index (χ1n) is 6.97. The number of hydrogen-bond donors (Lipinski definition) is 2. The van der Waals surface area contributed by atoms with Crippen molar-refractivity contribution in [3.05, 3.63) is 11.6 Å². The topological polar surface area (TPSA) is 40.5 Å². The highest BCUT2D eigenvalue weighted by Crippen LogP contribution is 2.72. The Morgan fingerprint density at radius 2 is 2.06 bits per heavy atom. The normalized spacial score (nSPS) is 52.5. The average Bonchev–Trinajstić information content (AvgIpc) is 2.55. The zero-order valence-electron chi connectivity index (χ0n) is 10.9. The molecule has 3 aliphatic rings. The third-order valence-corrected chi connectivity index (χ3v) is 6.20. The van der Waals surface area contributed by atoms with E-state index in [0.29, 0.717) is 23.9 Å². The van der Waals surface area contributed by atoms with E-state index in [1.165, 1.54) is 18.4 Å². The number of rotatable bonds is 2. The maximum absolute atomic E-state index is 9.79. The molecule has 2 heteroatoms. The van der Waals surface area contributed by atoms with Gasteiger partial charge in [0.2, 0.25) is 0 Å². The molecule has 0 unspecified atom stereocenters. The van der Waals surface area contributed by atoms with E-state index in [-0.39, 0.29) is 12.0 Å². The fourth-order valence-electron chi connectivity index (χ4n) is 5.26. The van der Waals surface area contributed by atoms with Crippen molar-refractivity contribution in [1.29, 1.82) is 0 Å². The molecular formula is C15H24O2. The SMILES string of the molecule is C[C@@]1(CO)CCC[C@@]2(C)[C@@H]3CC=C(CO)[C@H]2[C@@H]31. The monoisotopic (exact) mass is 236 g/mol. The highest BCUT2D eigenvalue weighted by molar-refractivity contribution is 5.29. The number of aliphatic hydroxyl groups excluding tert-OH is 2. The van der Waals surface area contributed by atoms with Crippen molar-refractivity contribution in [3.63, 3.8) is 0 Å². The van der Waals surface area contributed by atoms with Gasteiger partial charge in [-0.05, 0) is 53.4 Å². The van der Waals surface area contributed by atoms with Crippen LogP contribution in [0.25, 0.3) is 0 Å². The molecule has 2 N–H and O–H groups in total. The molecule has 3 aliphatic carbocycles. The minimum atomic E-state index is 0.0834. The number of fused-ring (bicyclic) bond motifs is 1. The maximum atomic E-state index is 9.79. The van der Waals surface area contributed by atoms with Crippen LogP contribution in [0, 0.1) is 28.6 Å². The van der Waals surface area contributed by atoms with Gasteiger partial charge in [0.05, 0.1) is 6.61 Å². The van der Waals surface area contributed by atoms with Crippen molar-refractivity contribution in [2.75, 3.05) is 13.2 Å². The van der Waals surface area contributed by atoms with E-state index in [0.717, 1.165) is 18.8 Å². The summed E-state index contributed by atoms with van der Waals surface area (Å²) in [6, 6.07) is 0. The van der Waals surface area contributed by atoms with Gasteiger partial charge in [-0.1, -0.05) is 26.3 Å². The van der Waals surface area contributed by atoms with Crippen molar-refractivity contribution < 1.29 is 10.2 Å². The zero-order chi connectivity index (χ0) is 12.3. The van der Waals surface area contributed by atoms with Crippen molar-refractivity contribution in [3.8, 4) is 0 Å². The molecule has 96 valence electrons. The highest BCUT2D eigenvalue weighted by atomic mass is 16.3. The van der Waals surface area contributed by atoms with Gasteiger partial charge in [0, 0.05) is 6.61 Å². The van der Waals surface area contributed by atoms with Gasteiger partial charge in [-0.2, -0.15) is 0 Å². The van der Waals surface area contributed by atoms with E-state index < -0.39 is 0 Å². The molecule has 4 bridgehead atoms. The lowest BCUT2D eigenvalue weighted by Crippen LogP contribution is -2.62. The van der Waals surface area contributed by atoms with Gasteiger partial charge in [-0.25, -0.2) is 0 Å². The summed E-state index contributed by atoms with van der Waals surface area (Å²) in [5.41, 5.74) is 1.74. The first-order valence-corrected chi connectivity index (χ1v) is 6.97. The summed E-state index contributed by atoms with van der Waals surface area (Å²) < 4.78 is 0. The van der Waals surface area contributed by atoms with Gasteiger partial charge in [0.25, 0.3) is 0 Å². The predicted molar refractivity (Wildman–Crippen MR) is 67.4 cm³/mol. The number of hydrogen-bond acceptors (Lipinski definition) is 2. The van der Waals surface area contributed by atoms with E-state index in [2.05, 4.69) is 19.9 Å². The third-order valence-electron chi connectivity index (χ3n) is 6.20. The van der Waals surface area contributed by atoms with Gasteiger partial charge in [0.15, 0.2) is 0 Å². The molecule has 2 saturated carbocycles. The van der Waals surface area contributed by atoms with E-state index in [9.17, 15) is 10.2 Å². The Morgan fingerprint density at radius 3 is 2.71 bits per heavy atom. The lowest BCUT2D eigenvalue weighted by atomic mass is 9.38. The molecule has 0 aromatic heterocycles. The second-order valence-corrected chi connectivity index (χ2v) is 6.95. The summed E-state index contributed by atoms with van der Waals surface area (Å²) >= 11 is 0. The van der Waals surface area contributed by atoms with Crippen LogP contribution in [0.1, 0.15) is 39.5 Å². The van der Waals surface area contributed by atoms with Gasteiger partial charge >= 0.3 is 0 Å². The van der Waals surface area contributed by atoms with Crippen molar-refractivity contribution in [2.45, 2.75) is 39.5 Å². The minimum Gasteiger partial charge on any atom is -0.396 e. The molecule has 0 aliphatic heterocycles. The second-order valence-electron chi connectivity index (χ2n) is 6.95. The molecule has 0 aromatic carbocycles. The van der Waals surface area contributed by atoms with E-state index in [1.807, 2.05) is 0 Å². The molecule has 0 radical (unpaired) electrons. The summed E-state index contributed by atoms with van der Waals surface area (Å²) in [6.45, 7) is 5.18. The van der Waals surface area contributed by atoms with Crippen molar-refractivity contribution in [1.82, 2.24) is 0 Å². The quantitative estimate of drug-likeness (QED) is 0.723. The molecule has 2 nitrogen and oxygen atoms in total. The molecule has 17 heavy (non-hydrogen) atoms. The Morgan fingerprint density at radius 1 is 1.29 bits per heavy atom. The van der Waals surface area contributed by atoms with Crippen LogP contribution in [0.3, 0.4) is 0 Å². The lowest BCUT2D eigenvalue weighted by Gasteiger charge is -2.66. The molecule has 0 amide bonds. The number of aliphatic hydroxyl groups is 2. The van der Waals surface area contributed by atoms with Crippen LogP contribution in [0.4, 0.5) is 0 Å². The minimum absolute atomic E-state index is 0.0834. The zero-order valence-corrected chi connectivity index (χ0v) is 10.9. The van der Waals surface area contributed by atoms with Crippen LogP contribution in [0.15, 0.2) is 11.6 Å². The standard InChI is InChI=1S/C15H24O2/c1-14(9-17)6-3-7-15(2)11-5-4-10(8-16)12(15)13(11)14/h4,11-13,16-17H,3,5-9H2,1-2H3/t11-,12+,13-,14+,15+/m1/s1.